The SMILES string of the molecule is CS(=O)(=O)N1CCN(C(=O)NC(CCO)C(=O)O)CC1. The third-order valence-corrected chi connectivity index (χ3v) is 4.31. The van der Waals surface area contributed by atoms with Gasteiger partial charge >= 0.3 is 12.0 Å². The smallest absolute Gasteiger partial charge is 0.326 e. The number of carboxylic acid groups (broad SMARTS) is 1. The summed E-state index contributed by atoms with van der Waals surface area (Å²) in [5, 5.41) is 19.9. The molecule has 3 N–H and O–H groups in total. The Labute approximate surface area is 117 Å². The molecule has 20 heavy (non-hydrogen) atoms. The van der Waals surface area contributed by atoms with Gasteiger partial charge < -0.3 is 20.4 Å². The lowest BCUT2D eigenvalue weighted by Gasteiger charge is -2.33. The van der Waals surface area contributed by atoms with Crippen molar-refractivity contribution >= 4 is 22.0 Å². The van der Waals surface area contributed by atoms with E-state index in [9.17, 15) is 18.0 Å². The lowest BCUT2D eigenvalue weighted by atomic mass is 10.2. The summed E-state index contributed by atoms with van der Waals surface area (Å²) in [6.45, 7) is 0.418. The Bertz CT molecular complexity index is 458. The first-order valence-corrected chi connectivity index (χ1v) is 7.94. The molecule has 1 aliphatic rings. The van der Waals surface area contributed by atoms with E-state index in [-0.39, 0.29) is 39.2 Å². The van der Waals surface area contributed by atoms with Gasteiger partial charge in [0.25, 0.3) is 0 Å². The Morgan fingerprint density at radius 1 is 1.25 bits per heavy atom. The lowest BCUT2D eigenvalue weighted by Crippen LogP contribution is -2.55. The largest absolute Gasteiger partial charge is 0.480 e. The number of aliphatic hydroxyl groups is 1. The van der Waals surface area contributed by atoms with Gasteiger partial charge in [-0.15, -0.1) is 0 Å². The molecule has 0 spiro atoms. The summed E-state index contributed by atoms with van der Waals surface area (Å²) in [7, 11) is -3.27. The molecule has 1 rings (SSSR count). The molecule has 0 radical (unpaired) electrons. The third-order valence-electron chi connectivity index (χ3n) is 3.01. The van der Waals surface area contributed by atoms with E-state index in [1.165, 1.54) is 9.21 Å². The molecule has 116 valence electrons. The van der Waals surface area contributed by atoms with Crippen LogP contribution < -0.4 is 5.32 Å². The van der Waals surface area contributed by atoms with Crippen molar-refractivity contribution in [1.82, 2.24) is 14.5 Å². The number of piperazine rings is 1. The first kappa shape index (κ1) is 16.7. The van der Waals surface area contributed by atoms with E-state index in [1.807, 2.05) is 0 Å². The van der Waals surface area contributed by atoms with Crippen molar-refractivity contribution in [3.05, 3.63) is 0 Å². The van der Waals surface area contributed by atoms with Gasteiger partial charge in [0.2, 0.25) is 10.0 Å². The van der Waals surface area contributed by atoms with E-state index in [4.69, 9.17) is 10.2 Å². The summed E-state index contributed by atoms with van der Waals surface area (Å²) in [5.41, 5.74) is 0. The second-order valence-electron chi connectivity index (χ2n) is 4.50. The molecule has 1 aliphatic heterocycles. The highest BCUT2D eigenvalue weighted by Gasteiger charge is 2.28. The standard InChI is InChI=1S/C10H19N3O6S/c1-20(18,19)13-5-3-12(4-6-13)10(17)11-8(2-7-14)9(15)16/h8,14H,2-7H2,1H3,(H,11,17)(H,15,16). The predicted molar refractivity (Wildman–Crippen MR) is 69.6 cm³/mol. The van der Waals surface area contributed by atoms with Gasteiger partial charge in [-0.2, -0.15) is 4.31 Å². The number of amides is 2. The molecule has 0 bridgehead atoms. The summed E-state index contributed by atoms with van der Waals surface area (Å²) in [6, 6.07) is -1.72. The maximum Gasteiger partial charge on any atom is 0.326 e. The molecule has 1 unspecified atom stereocenters. The lowest BCUT2D eigenvalue weighted by molar-refractivity contribution is -0.139. The van der Waals surface area contributed by atoms with Crippen molar-refractivity contribution in [1.29, 1.82) is 0 Å². The van der Waals surface area contributed by atoms with Crippen molar-refractivity contribution in [2.75, 3.05) is 39.0 Å². The van der Waals surface area contributed by atoms with E-state index >= 15 is 0 Å². The normalized spacial score (nSPS) is 18.6. The number of carbonyl (C=O) groups is 2. The third kappa shape index (κ3) is 4.62. The molecule has 0 aromatic heterocycles. The Kier molecular flexibility index (Phi) is 5.72. The zero-order valence-corrected chi connectivity index (χ0v) is 12.0. The number of carboxylic acids is 1. The van der Waals surface area contributed by atoms with Crippen molar-refractivity contribution in [2.24, 2.45) is 0 Å². The van der Waals surface area contributed by atoms with Crippen LogP contribution in [0.2, 0.25) is 0 Å². The number of nitrogens with zero attached hydrogens (tertiary/aromatic N) is 2. The topological polar surface area (TPSA) is 127 Å². The predicted octanol–water partition coefficient (Wildman–Crippen LogP) is -1.89. The van der Waals surface area contributed by atoms with Crippen molar-refractivity contribution in [3.63, 3.8) is 0 Å². The van der Waals surface area contributed by atoms with Crippen LogP contribution in [0.1, 0.15) is 6.42 Å². The second kappa shape index (κ2) is 6.86. The van der Waals surface area contributed by atoms with Crippen LogP contribution in [-0.4, -0.2) is 84.9 Å². The first-order valence-electron chi connectivity index (χ1n) is 6.10. The molecule has 0 aromatic rings. The highest BCUT2D eigenvalue weighted by molar-refractivity contribution is 7.88. The van der Waals surface area contributed by atoms with Gasteiger partial charge in [-0.05, 0) is 0 Å². The number of rotatable bonds is 5. The average molecular weight is 309 g/mol. The van der Waals surface area contributed by atoms with E-state index in [2.05, 4.69) is 5.32 Å². The van der Waals surface area contributed by atoms with E-state index in [1.54, 1.807) is 0 Å². The van der Waals surface area contributed by atoms with E-state index in [0.29, 0.717) is 0 Å². The minimum Gasteiger partial charge on any atom is -0.480 e. The maximum atomic E-state index is 11.8. The Morgan fingerprint density at radius 2 is 1.80 bits per heavy atom. The summed E-state index contributed by atoms with van der Waals surface area (Å²) < 4.78 is 23.9. The molecule has 0 aliphatic carbocycles. The molecule has 1 fully saturated rings. The minimum absolute atomic E-state index is 0.0790. The van der Waals surface area contributed by atoms with E-state index in [0.717, 1.165) is 6.26 Å². The van der Waals surface area contributed by atoms with Gasteiger partial charge in [0.15, 0.2) is 0 Å². The van der Waals surface area contributed by atoms with Crippen LogP contribution in [0.4, 0.5) is 4.79 Å². The van der Waals surface area contributed by atoms with Gasteiger partial charge in [-0.1, -0.05) is 0 Å². The van der Waals surface area contributed by atoms with Crippen LogP contribution in [0.5, 0.6) is 0 Å². The maximum absolute atomic E-state index is 11.8. The van der Waals surface area contributed by atoms with Crippen molar-refractivity contribution in [3.8, 4) is 0 Å². The molecule has 1 atom stereocenters. The number of aliphatic hydroxyl groups excluding tert-OH is 1. The molecular formula is C10H19N3O6S. The van der Waals surface area contributed by atoms with Crippen LogP contribution in [0, 0.1) is 0 Å². The fourth-order valence-electron chi connectivity index (χ4n) is 1.85. The second-order valence-corrected chi connectivity index (χ2v) is 6.48. The highest BCUT2D eigenvalue weighted by atomic mass is 32.2. The Morgan fingerprint density at radius 3 is 2.20 bits per heavy atom. The summed E-state index contributed by atoms with van der Waals surface area (Å²) in [5.74, 6) is -1.22. The summed E-state index contributed by atoms with van der Waals surface area (Å²) in [4.78, 5) is 24.1. The number of hydrogen-bond donors (Lipinski definition) is 3. The summed E-state index contributed by atoms with van der Waals surface area (Å²) in [6.07, 6.45) is 1.02. The van der Waals surface area contributed by atoms with Crippen LogP contribution in [0.3, 0.4) is 0 Å². The number of hydrogen-bond acceptors (Lipinski definition) is 5. The molecule has 0 saturated carbocycles. The molecule has 9 nitrogen and oxygen atoms in total. The van der Waals surface area contributed by atoms with Crippen LogP contribution in [0.15, 0.2) is 0 Å². The monoisotopic (exact) mass is 309 g/mol. The van der Waals surface area contributed by atoms with Gasteiger partial charge in [0.1, 0.15) is 6.04 Å². The first-order chi connectivity index (χ1) is 9.25. The van der Waals surface area contributed by atoms with Crippen molar-refractivity contribution < 1.29 is 28.2 Å². The molecular weight excluding hydrogens is 290 g/mol. The van der Waals surface area contributed by atoms with Crippen LogP contribution in [0.25, 0.3) is 0 Å². The van der Waals surface area contributed by atoms with Crippen LogP contribution >= 0.6 is 0 Å². The number of aliphatic carboxylic acids is 1. The van der Waals surface area contributed by atoms with Gasteiger partial charge in [0.05, 0.1) is 6.26 Å². The van der Waals surface area contributed by atoms with Crippen molar-refractivity contribution in [2.45, 2.75) is 12.5 Å². The fourth-order valence-corrected chi connectivity index (χ4v) is 2.68. The highest BCUT2D eigenvalue weighted by Crippen LogP contribution is 2.06. The number of nitrogens with one attached hydrogen (secondary N) is 1. The Hall–Kier alpha value is -1.39. The van der Waals surface area contributed by atoms with Gasteiger partial charge in [0, 0.05) is 39.2 Å². The Balaban J connectivity index is 2.52. The van der Waals surface area contributed by atoms with Gasteiger partial charge in [-0.3, -0.25) is 0 Å². The zero-order chi connectivity index (χ0) is 15.3. The fraction of sp³-hybridized carbons (Fsp3) is 0.800. The molecule has 0 aromatic carbocycles. The summed E-state index contributed by atoms with van der Waals surface area (Å²) >= 11 is 0. The van der Waals surface area contributed by atoms with Crippen LogP contribution in [-0.2, 0) is 14.8 Å². The minimum atomic E-state index is -3.27. The number of urea groups is 1. The number of carbonyl (C=O) groups excluding carboxylic acids is 1. The average Bonchev–Trinajstić information content (AvgIpc) is 2.37. The number of sulfonamides is 1. The molecule has 2 amide bonds. The molecule has 1 heterocycles. The van der Waals surface area contributed by atoms with Gasteiger partial charge in [-0.25, -0.2) is 18.0 Å². The zero-order valence-electron chi connectivity index (χ0n) is 11.2. The van der Waals surface area contributed by atoms with E-state index < -0.39 is 28.1 Å². The molecule has 10 heteroatoms. The quantitative estimate of drug-likeness (QED) is 0.545. The molecule has 1 saturated heterocycles.